The first-order chi connectivity index (χ1) is 9.13. The Morgan fingerprint density at radius 2 is 2.05 bits per heavy atom. The van der Waals surface area contributed by atoms with Crippen molar-refractivity contribution >= 4 is 27.4 Å². The molecule has 2 rings (SSSR count). The van der Waals surface area contributed by atoms with Crippen molar-refractivity contribution in [3.05, 3.63) is 40.7 Å². The van der Waals surface area contributed by atoms with Crippen LogP contribution in [-0.2, 0) is 17.8 Å². The topological polar surface area (TPSA) is 51.1 Å². The second-order valence-corrected chi connectivity index (χ2v) is 6.20. The van der Waals surface area contributed by atoms with Crippen molar-refractivity contribution in [2.24, 2.45) is 7.05 Å². The Morgan fingerprint density at radius 1 is 1.32 bits per heavy atom. The number of fused-ring (bicyclic) bond motifs is 1. The first-order valence-electron chi connectivity index (χ1n) is 6.31. The van der Waals surface area contributed by atoms with Crippen molar-refractivity contribution in [2.75, 3.05) is 23.4 Å². The first kappa shape index (κ1) is 13.8. The number of anilines is 1. The number of benzene rings is 1. The van der Waals surface area contributed by atoms with Crippen LogP contribution in [0.2, 0.25) is 0 Å². The van der Waals surface area contributed by atoms with Gasteiger partial charge in [0.2, 0.25) is 0 Å². The summed E-state index contributed by atoms with van der Waals surface area (Å²) in [6, 6.07) is 9.36. The lowest BCUT2D eigenvalue weighted by atomic mass is 10.2. The molecule has 0 radical (unpaired) electrons. The monoisotopic (exact) mass is 278 g/mol. The lowest BCUT2D eigenvalue weighted by Crippen LogP contribution is -2.19. The SMILES string of the molecule is CCS(=O)CCNc1cc(=O)n(C)c2ccccc12. The highest BCUT2D eigenvalue weighted by molar-refractivity contribution is 7.84. The van der Waals surface area contributed by atoms with Crippen LogP contribution in [0.15, 0.2) is 35.1 Å². The van der Waals surface area contributed by atoms with Crippen molar-refractivity contribution in [3.63, 3.8) is 0 Å². The Hall–Kier alpha value is -1.62. The number of aromatic nitrogens is 1. The fraction of sp³-hybridized carbons (Fsp3) is 0.357. The molecule has 1 aromatic heterocycles. The van der Waals surface area contributed by atoms with Crippen LogP contribution in [0, 0.1) is 0 Å². The highest BCUT2D eigenvalue weighted by Gasteiger charge is 2.05. The third-order valence-corrected chi connectivity index (χ3v) is 4.42. The van der Waals surface area contributed by atoms with Gasteiger partial charge in [0, 0.05) is 53.0 Å². The third kappa shape index (κ3) is 3.04. The molecular formula is C14H18N2O2S. The summed E-state index contributed by atoms with van der Waals surface area (Å²) >= 11 is 0. The van der Waals surface area contributed by atoms with Gasteiger partial charge in [-0.05, 0) is 6.07 Å². The molecule has 5 heteroatoms. The van der Waals surface area contributed by atoms with Gasteiger partial charge in [0.25, 0.3) is 5.56 Å². The first-order valence-corrected chi connectivity index (χ1v) is 7.80. The van der Waals surface area contributed by atoms with E-state index in [-0.39, 0.29) is 5.56 Å². The zero-order valence-corrected chi connectivity index (χ0v) is 12.0. The number of nitrogens with one attached hydrogen (secondary N) is 1. The second-order valence-electron chi connectivity index (χ2n) is 4.33. The summed E-state index contributed by atoms with van der Waals surface area (Å²) in [5.41, 5.74) is 1.67. The molecule has 1 heterocycles. The molecule has 0 aliphatic carbocycles. The van der Waals surface area contributed by atoms with Crippen LogP contribution in [0.5, 0.6) is 0 Å². The van der Waals surface area contributed by atoms with E-state index in [4.69, 9.17) is 0 Å². The maximum Gasteiger partial charge on any atom is 0.252 e. The molecule has 1 atom stereocenters. The standard InChI is InChI=1S/C14H18N2O2S/c1-3-19(18)9-8-15-12-10-14(17)16(2)13-7-5-4-6-11(12)13/h4-7,10,15H,3,8-9H2,1-2H3. The summed E-state index contributed by atoms with van der Waals surface area (Å²) in [4.78, 5) is 11.9. The van der Waals surface area contributed by atoms with Gasteiger partial charge in [-0.15, -0.1) is 0 Å². The van der Waals surface area contributed by atoms with E-state index in [0.717, 1.165) is 16.6 Å². The molecule has 0 saturated heterocycles. The molecule has 0 aliphatic heterocycles. The summed E-state index contributed by atoms with van der Waals surface area (Å²) in [7, 11) is 0.975. The summed E-state index contributed by atoms with van der Waals surface area (Å²) in [6.07, 6.45) is 0. The van der Waals surface area contributed by atoms with Crippen molar-refractivity contribution in [3.8, 4) is 0 Å². The lowest BCUT2D eigenvalue weighted by molar-refractivity contribution is 0.684. The van der Waals surface area contributed by atoms with Crippen LogP contribution in [0.3, 0.4) is 0 Å². The van der Waals surface area contributed by atoms with Gasteiger partial charge >= 0.3 is 0 Å². The number of aryl methyl sites for hydroxylation is 1. The predicted octanol–water partition coefficient (Wildman–Crippen LogP) is 1.72. The Morgan fingerprint density at radius 3 is 2.79 bits per heavy atom. The van der Waals surface area contributed by atoms with Crippen molar-refractivity contribution < 1.29 is 4.21 Å². The minimum absolute atomic E-state index is 0.0437. The zero-order valence-electron chi connectivity index (χ0n) is 11.2. The molecule has 4 nitrogen and oxygen atoms in total. The quantitative estimate of drug-likeness (QED) is 0.906. The van der Waals surface area contributed by atoms with Gasteiger partial charge in [0.15, 0.2) is 0 Å². The Balaban J connectivity index is 2.30. The summed E-state index contributed by atoms with van der Waals surface area (Å²) in [5, 5.41) is 4.22. The Labute approximate surface area is 114 Å². The summed E-state index contributed by atoms with van der Waals surface area (Å²) in [6.45, 7) is 2.52. The predicted molar refractivity (Wildman–Crippen MR) is 81.2 cm³/mol. The fourth-order valence-electron chi connectivity index (χ4n) is 2.00. The number of rotatable bonds is 5. The molecule has 1 unspecified atom stereocenters. The Kier molecular flexibility index (Phi) is 4.37. The average Bonchev–Trinajstić information content (AvgIpc) is 2.44. The fourth-order valence-corrected chi connectivity index (χ4v) is 2.62. The summed E-state index contributed by atoms with van der Waals surface area (Å²) in [5.74, 6) is 1.26. The van der Waals surface area contributed by atoms with E-state index in [2.05, 4.69) is 5.32 Å². The lowest BCUT2D eigenvalue weighted by Gasteiger charge is -2.11. The van der Waals surface area contributed by atoms with Gasteiger partial charge in [-0.2, -0.15) is 0 Å². The van der Waals surface area contributed by atoms with Crippen LogP contribution in [-0.4, -0.2) is 26.8 Å². The van der Waals surface area contributed by atoms with Crippen LogP contribution in [0.1, 0.15) is 6.92 Å². The number of hydrogen-bond acceptors (Lipinski definition) is 3. The van der Waals surface area contributed by atoms with Gasteiger partial charge in [-0.3, -0.25) is 9.00 Å². The van der Waals surface area contributed by atoms with Gasteiger partial charge < -0.3 is 9.88 Å². The summed E-state index contributed by atoms with van der Waals surface area (Å²) < 4.78 is 13.0. The van der Waals surface area contributed by atoms with Gasteiger partial charge in [0.05, 0.1) is 5.52 Å². The molecule has 0 aliphatic rings. The van der Waals surface area contributed by atoms with Crippen molar-refractivity contribution in [1.82, 2.24) is 4.57 Å². The van der Waals surface area contributed by atoms with E-state index in [1.165, 1.54) is 0 Å². The van der Waals surface area contributed by atoms with Crippen LogP contribution in [0.25, 0.3) is 10.9 Å². The normalized spacial score (nSPS) is 12.5. The van der Waals surface area contributed by atoms with Gasteiger partial charge in [-0.25, -0.2) is 0 Å². The minimum Gasteiger partial charge on any atom is -0.383 e. The molecule has 0 fully saturated rings. The van der Waals surface area contributed by atoms with Gasteiger partial charge in [-0.1, -0.05) is 25.1 Å². The number of hydrogen-bond donors (Lipinski definition) is 1. The molecule has 19 heavy (non-hydrogen) atoms. The zero-order chi connectivity index (χ0) is 13.8. The smallest absolute Gasteiger partial charge is 0.252 e. The van der Waals surface area contributed by atoms with Crippen molar-refractivity contribution in [1.29, 1.82) is 0 Å². The van der Waals surface area contributed by atoms with E-state index in [1.807, 2.05) is 31.2 Å². The van der Waals surface area contributed by atoms with E-state index >= 15 is 0 Å². The van der Waals surface area contributed by atoms with Crippen LogP contribution >= 0.6 is 0 Å². The molecule has 1 aromatic carbocycles. The van der Waals surface area contributed by atoms with E-state index in [9.17, 15) is 9.00 Å². The number of pyridine rings is 1. The maximum absolute atomic E-state index is 11.9. The Bertz CT molecular complexity index is 664. The molecule has 102 valence electrons. The van der Waals surface area contributed by atoms with Crippen molar-refractivity contribution in [2.45, 2.75) is 6.92 Å². The van der Waals surface area contributed by atoms with Gasteiger partial charge in [0.1, 0.15) is 0 Å². The van der Waals surface area contributed by atoms with Crippen LogP contribution < -0.4 is 10.9 Å². The third-order valence-electron chi connectivity index (χ3n) is 3.12. The largest absolute Gasteiger partial charge is 0.383 e. The molecule has 0 saturated carbocycles. The molecular weight excluding hydrogens is 260 g/mol. The maximum atomic E-state index is 11.9. The van der Waals surface area contributed by atoms with E-state index < -0.39 is 10.8 Å². The molecule has 1 N–H and O–H groups in total. The second kappa shape index (κ2) is 6.02. The molecule has 2 aromatic rings. The molecule has 0 bridgehead atoms. The highest BCUT2D eigenvalue weighted by Crippen LogP contribution is 2.20. The average molecular weight is 278 g/mol. The molecule has 0 spiro atoms. The molecule has 0 amide bonds. The highest BCUT2D eigenvalue weighted by atomic mass is 32.2. The van der Waals surface area contributed by atoms with E-state index in [0.29, 0.717) is 18.1 Å². The van der Waals surface area contributed by atoms with Crippen LogP contribution in [0.4, 0.5) is 5.69 Å². The van der Waals surface area contributed by atoms with E-state index in [1.54, 1.807) is 17.7 Å². The number of nitrogens with zero attached hydrogens (tertiary/aromatic N) is 1. The number of para-hydroxylation sites is 1. The minimum atomic E-state index is -0.790.